The number of nitro groups is 1. The van der Waals surface area contributed by atoms with Crippen LogP contribution in [-0.2, 0) is 11.2 Å². The van der Waals surface area contributed by atoms with E-state index in [2.05, 4.69) is 42.5 Å². The number of hydrogen-bond donors (Lipinski definition) is 0. The predicted molar refractivity (Wildman–Crippen MR) is 123 cm³/mol. The zero-order chi connectivity index (χ0) is 20.9. The molecule has 0 fully saturated rings. The topological polar surface area (TPSA) is 52.4 Å². The van der Waals surface area contributed by atoms with Gasteiger partial charge >= 0.3 is 0 Å². The molecule has 3 aliphatic rings. The number of rotatable bonds is 2. The van der Waals surface area contributed by atoms with E-state index in [9.17, 15) is 10.1 Å². The normalized spacial score (nSPS) is 16.7. The summed E-state index contributed by atoms with van der Waals surface area (Å²) >= 11 is 0. The minimum Gasteiger partial charge on any atom is -0.497 e. The first-order chi connectivity index (χ1) is 14.6. The summed E-state index contributed by atoms with van der Waals surface area (Å²) in [6.45, 7) is 2.28. The van der Waals surface area contributed by atoms with Crippen molar-refractivity contribution in [3.05, 3.63) is 98.3 Å². The number of benzene rings is 2. The van der Waals surface area contributed by atoms with E-state index in [0.717, 1.165) is 37.0 Å². The van der Waals surface area contributed by atoms with Crippen LogP contribution in [0.4, 0.5) is 0 Å². The maximum absolute atomic E-state index is 11.0. The molecule has 0 aromatic heterocycles. The molecule has 0 N–H and O–H groups in total. The van der Waals surface area contributed by atoms with Crippen LogP contribution in [0.1, 0.15) is 37.3 Å². The van der Waals surface area contributed by atoms with Gasteiger partial charge in [0.2, 0.25) is 5.70 Å². The van der Waals surface area contributed by atoms with Gasteiger partial charge in [0.15, 0.2) is 0 Å². The largest absolute Gasteiger partial charge is 0.497 e. The molecule has 1 heterocycles. The molecular formula is C26H25NO3. The zero-order valence-electron chi connectivity index (χ0n) is 17.1. The lowest BCUT2D eigenvalue weighted by molar-refractivity contribution is -0.424. The van der Waals surface area contributed by atoms with Gasteiger partial charge in [0.05, 0.1) is 11.2 Å². The van der Waals surface area contributed by atoms with Gasteiger partial charge in [-0.3, -0.25) is 10.1 Å². The summed E-state index contributed by atoms with van der Waals surface area (Å²) in [6, 6.07) is 8.76. The van der Waals surface area contributed by atoms with Gasteiger partial charge in [0.25, 0.3) is 0 Å². The molecule has 30 heavy (non-hydrogen) atoms. The van der Waals surface area contributed by atoms with Crippen LogP contribution in [0, 0.1) is 10.1 Å². The smallest absolute Gasteiger partial charge is 0.243 e. The van der Waals surface area contributed by atoms with Gasteiger partial charge in [0.1, 0.15) is 6.61 Å². The number of ether oxygens (including phenoxy) is 1. The molecule has 0 saturated heterocycles. The Hall–Kier alpha value is -3.40. The highest BCUT2D eigenvalue weighted by atomic mass is 16.6. The van der Waals surface area contributed by atoms with Crippen LogP contribution in [0.2, 0.25) is 0 Å². The molecule has 0 amide bonds. The minimum absolute atomic E-state index is 0.174. The van der Waals surface area contributed by atoms with Gasteiger partial charge in [-0.2, -0.15) is 0 Å². The summed E-state index contributed by atoms with van der Waals surface area (Å²) in [5, 5.41) is 16.1. The van der Waals surface area contributed by atoms with E-state index in [-0.39, 0.29) is 10.6 Å². The maximum Gasteiger partial charge on any atom is 0.243 e. The first kappa shape index (κ1) is 19.9. The van der Waals surface area contributed by atoms with E-state index < -0.39 is 0 Å². The van der Waals surface area contributed by atoms with Gasteiger partial charge in [-0.15, -0.1) is 0 Å². The Labute approximate surface area is 176 Å². The summed E-state index contributed by atoms with van der Waals surface area (Å²) in [6.07, 6.45) is 20.1. The average Bonchev–Trinajstić information content (AvgIpc) is 2.80. The first-order valence-corrected chi connectivity index (χ1v) is 10.4. The molecule has 5 rings (SSSR count). The zero-order valence-corrected chi connectivity index (χ0v) is 17.1. The van der Waals surface area contributed by atoms with Gasteiger partial charge in [-0.25, -0.2) is 0 Å². The summed E-state index contributed by atoms with van der Waals surface area (Å²) in [4.78, 5) is 10.6. The van der Waals surface area contributed by atoms with Crippen LogP contribution in [0.15, 0.2) is 66.6 Å². The maximum atomic E-state index is 11.0. The molecule has 2 aromatic carbocycles. The van der Waals surface area contributed by atoms with Crippen LogP contribution in [0.3, 0.4) is 0 Å². The number of allylic oxidation sites excluding steroid dienone is 6. The quantitative estimate of drug-likeness (QED) is 0.539. The van der Waals surface area contributed by atoms with E-state index in [1.165, 1.54) is 33.2 Å². The van der Waals surface area contributed by atoms with Crippen molar-refractivity contribution in [2.75, 3.05) is 6.61 Å². The molecule has 2 aromatic rings. The molecule has 0 radical (unpaired) electrons. The molecule has 0 saturated carbocycles. The van der Waals surface area contributed by atoms with Crippen LogP contribution in [-0.4, -0.2) is 11.5 Å². The molecule has 4 heteroatoms. The molecule has 4 nitrogen and oxygen atoms in total. The van der Waals surface area contributed by atoms with Gasteiger partial charge in [0, 0.05) is 13.0 Å². The van der Waals surface area contributed by atoms with Gasteiger partial charge in [-0.1, -0.05) is 48.6 Å². The lowest BCUT2D eigenvalue weighted by Gasteiger charge is -2.15. The number of aryl methyl sites for hydroxylation is 1. The Morgan fingerprint density at radius 1 is 1.07 bits per heavy atom. The third-order valence-electron chi connectivity index (χ3n) is 5.61. The monoisotopic (exact) mass is 399 g/mol. The molecule has 0 atom stereocenters. The van der Waals surface area contributed by atoms with Crippen LogP contribution in [0.5, 0.6) is 0 Å². The second kappa shape index (κ2) is 8.95. The molecule has 0 spiro atoms. The molecular weight excluding hydrogens is 374 g/mol. The van der Waals surface area contributed by atoms with Crippen molar-refractivity contribution in [2.45, 2.75) is 32.6 Å². The van der Waals surface area contributed by atoms with E-state index in [1.807, 2.05) is 18.2 Å². The van der Waals surface area contributed by atoms with Crippen molar-refractivity contribution in [3.8, 4) is 0 Å². The number of hydrogen-bond acceptors (Lipinski definition) is 3. The van der Waals surface area contributed by atoms with Crippen molar-refractivity contribution >= 4 is 28.5 Å². The lowest BCUT2D eigenvalue weighted by atomic mass is 9.89. The third-order valence-corrected chi connectivity index (χ3v) is 5.61. The molecule has 0 unspecified atom stereocenters. The fourth-order valence-corrected chi connectivity index (χ4v) is 4.14. The molecule has 0 bridgehead atoms. The first-order valence-electron chi connectivity index (χ1n) is 10.4. The van der Waals surface area contributed by atoms with Crippen molar-refractivity contribution in [1.82, 2.24) is 0 Å². The van der Waals surface area contributed by atoms with Gasteiger partial charge < -0.3 is 4.74 Å². The Kier molecular flexibility index (Phi) is 5.94. The third kappa shape index (κ3) is 4.13. The minimum atomic E-state index is -0.328. The highest BCUT2D eigenvalue weighted by molar-refractivity contribution is 5.92. The summed E-state index contributed by atoms with van der Waals surface area (Å²) in [5.41, 5.74) is 3.65. The predicted octanol–water partition coefficient (Wildman–Crippen LogP) is 4.79. The Morgan fingerprint density at radius 3 is 2.60 bits per heavy atom. The summed E-state index contributed by atoms with van der Waals surface area (Å²) in [5.74, 6) is 0. The van der Waals surface area contributed by atoms with Crippen LogP contribution >= 0.6 is 0 Å². The van der Waals surface area contributed by atoms with Crippen molar-refractivity contribution < 1.29 is 9.66 Å². The number of fused-ring (bicyclic) bond motifs is 5. The Morgan fingerprint density at radius 2 is 1.90 bits per heavy atom. The number of nitrogens with zero attached hydrogens (tertiary/aromatic N) is 1. The second-order valence-corrected chi connectivity index (χ2v) is 7.59. The van der Waals surface area contributed by atoms with Crippen molar-refractivity contribution in [1.29, 1.82) is 0 Å². The fraction of sp³-hybridized carbons (Fsp3) is 0.231. The molecule has 1 aliphatic heterocycles. The summed E-state index contributed by atoms with van der Waals surface area (Å²) < 4.78 is 4.80. The van der Waals surface area contributed by atoms with E-state index in [0.29, 0.717) is 0 Å². The van der Waals surface area contributed by atoms with Crippen LogP contribution in [0.25, 0.3) is 28.5 Å². The van der Waals surface area contributed by atoms with Crippen molar-refractivity contribution in [3.63, 3.8) is 0 Å². The standard InChI is InChI=1S/C21H19NO2.C5H6O/c1-14(22(23)24)13-16-6-4-8-19-18(16)11-12-20-17-7-3-2-5-15(17)9-10-21(19)20;1-2-4-6-5-3-1/h6-13H,2-5H2,1H3;1-4H,5H2. The van der Waals surface area contributed by atoms with Gasteiger partial charge in [-0.05, 0) is 75.7 Å². The SMILES string of the molecule is C1=CCOC=C1.CC(=CC1=CCC=c2c1ccc1c3c(ccc21)CCCC=3)[N+](=O)[O-]. The van der Waals surface area contributed by atoms with E-state index >= 15 is 0 Å². The summed E-state index contributed by atoms with van der Waals surface area (Å²) in [7, 11) is 0. The lowest BCUT2D eigenvalue weighted by Crippen LogP contribution is -2.19. The van der Waals surface area contributed by atoms with Crippen LogP contribution < -0.4 is 10.4 Å². The molecule has 152 valence electrons. The second-order valence-electron chi connectivity index (χ2n) is 7.59. The Bertz CT molecular complexity index is 1220. The average molecular weight is 399 g/mol. The van der Waals surface area contributed by atoms with Crippen molar-refractivity contribution in [2.24, 2.45) is 0 Å². The van der Waals surface area contributed by atoms with E-state index in [1.54, 1.807) is 19.3 Å². The highest BCUT2D eigenvalue weighted by Gasteiger charge is 2.13. The van der Waals surface area contributed by atoms with E-state index in [4.69, 9.17) is 4.74 Å². The fourth-order valence-electron chi connectivity index (χ4n) is 4.14. The molecule has 2 aliphatic carbocycles. The highest BCUT2D eigenvalue weighted by Crippen LogP contribution is 2.23. The Balaban J connectivity index is 0.000000313.